The lowest BCUT2D eigenvalue weighted by Crippen LogP contribution is -2.03. The Hall–Kier alpha value is -1.19. The standard InChI is InChI=1S/C11H11Cl2NO2/c1-7(11(15)16)4-5-14-10-3-2-8(12)6-9(10)13/h2-4,6,14H,5H2,1H3,(H,15,16)/b7-4-. The van der Waals surface area contributed by atoms with Gasteiger partial charge in [-0.1, -0.05) is 29.3 Å². The highest BCUT2D eigenvalue weighted by Gasteiger charge is 2.01. The summed E-state index contributed by atoms with van der Waals surface area (Å²) in [6, 6.07) is 5.08. The van der Waals surface area contributed by atoms with Crippen LogP contribution in [0.15, 0.2) is 29.8 Å². The highest BCUT2D eigenvalue weighted by Crippen LogP contribution is 2.25. The number of aliphatic carboxylic acids is 1. The van der Waals surface area contributed by atoms with Crippen LogP contribution in [0.5, 0.6) is 0 Å². The Morgan fingerprint density at radius 3 is 2.75 bits per heavy atom. The van der Waals surface area contributed by atoms with Crippen LogP contribution in [0, 0.1) is 0 Å². The van der Waals surface area contributed by atoms with Gasteiger partial charge in [-0.25, -0.2) is 4.79 Å². The number of nitrogens with one attached hydrogen (secondary N) is 1. The summed E-state index contributed by atoms with van der Waals surface area (Å²) in [6.07, 6.45) is 1.58. The third-order valence-electron chi connectivity index (χ3n) is 1.97. The van der Waals surface area contributed by atoms with Gasteiger partial charge in [-0.2, -0.15) is 0 Å². The minimum atomic E-state index is -0.927. The van der Waals surface area contributed by atoms with Gasteiger partial charge in [0.05, 0.1) is 10.7 Å². The zero-order valence-corrected chi connectivity index (χ0v) is 10.1. The van der Waals surface area contributed by atoms with Crippen LogP contribution in [0.25, 0.3) is 0 Å². The number of carboxylic acids is 1. The summed E-state index contributed by atoms with van der Waals surface area (Å²) in [7, 11) is 0. The second kappa shape index (κ2) is 5.77. The van der Waals surface area contributed by atoms with E-state index in [1.807, 2.05) is 0 Å². The summed E-state index contributed by atoms with van der Waals surface area (Å²) >= 11 is 11.7. The van der Waals surface area contributed by atoms with E-state index >= 15 is 0 Å². The Labute approximate surface area is 104 Å². The molecular formula is C11H11Cl2NO2. The Balaban J connectivity index is 2.62. The molecule has 0 amide bonds. The molecule has 1 rings (SSSR count). The molecule has 0 aliphatic heterocycles. The van der Waals surface area contributed by atoms with Crippen molar-refractivity contribution in [3.8, 4) is 0 Å². The van der Waals surface area contributed by atoms with Gasteiger partial charge in [0.25, 0.3) is 0 Å². The van der Waals surface area contributed by atoms with E-state index in [1.165, 1.54) is 6.92 Å². The minimum absolute atomic E-state index is 0.289. The van der Waals surface area contributed by atoms with Gasteiger partial charge in [0, 0.05) is 17.1 Å². The van der Waals surface area contributed by atoms with Crippen molar-refractivity contribution in [1.82, 2.24) is 0 Å². The molecule has 2 N–H and O–H groups in total. The number of hydrogen-bond donors (Lipinski definition) is 2. The van der Waals surface area contributed by atoms with Crippen LogP contribution < -0.4 is 5.32 Å². The second-order valence-corrected chi connectivity index (χ2v) is 4.04. The fraction of sp³-hybridized carbons (Fsp3) is 0.182. The Morgan fingerprint density at radius 1 is 1.50 bits per heavy atom. The molecule has 0 bridgehead atoms. The highest BCUT2D eigenvalue weighted by atomic mass is 35.5. The van der Waals surface area contributed by atoms with Crippen molar-refractivity contribution in [2.24, 2.45) is 0 Å². The predicted octanol–water partition coefficient (Wildman–Crippen LogP) is 3.44. The fourth-order valence-electron chi connectivity index (χ4n) is 1.03. The molecule has 0 unspecified atom stereocenters. The van der Waals surface area contributed by atoms with Crippen LogP contribution >= 0.6 is 23.2 Å². The van der Waals surface area contributed by atoms with Gasteiger partial charge >= 0.3 is 5.97 Å². The summed E-state index contributed by atoms with van der Waals surface area (Å²) in [5.41, 5.74) is 1.01. The fourth-order valence-corrected chi connectivity index (χ4v) is 1.51. The summed E-state index contributed by atoms with van der Waals surface area (Å²) < 4.78 is 0. The molecule has 3 nitrogen and oxygen atoms in total. The molecule has 0 heterocycles. The largest absolute Gasteiger partial charge is 0.478 e. The molecular weight excluding hydrogens is 249 g/mol. The molecule has 0 atom stereocenters. The molecule has 0 spiro atoms. The summed E-state index contributed by atoms with van der Waals surface area (Å²) in [4.78, 5) is 10.5. The third kappa shape index (κ3) is 3.76. The van der Waals surface area contributed by atoms with E-state index < -0.39 is 5.97 Å². The van der Waals surface area contributed by atoms with Crippen LogP contribution in [-0.4, -0.2) is 17.6 Å². The van der Waals surface area contributed by atoms with E-state index in [9.17, 15) is 4.79 Å². The lowest BCUT2D eigenvalue weighted by Gasteiger charge is -2.06. The van der Waals surface area contributed by atoms with Gasteiger partial charge in [-0.3, -0.25) is 0 Å². The van der Waals surface area contributed by atoms with E-state index in [-0.39, 0.29) is 5.57 Å². The smallest absolute Gasteiger partial charge is 0.331 e. The summed E-state index contributed by atoms with van der Waals surface area (Å²) in [5.74, 6) is -0.927. The van der Waals surface area contributed by atoms with E-state index in [2.05, 4.69) is 5.32 Å². The molecule has 0 aromatic heterocycles. The van der Waals surface area contributed by atoms with Gasteiger partial charge in [0.15, 0.2) is 0 Å². The van der Waals surface area contributed by atoms with Gasteiger partial charge in [-0.05, 0) is 25.1 Å². The lowest BCUT2D eigenvalue weighted by molar-refractivity contribution is -0.132. The highest BCUT2D eigenvalue weighted by molar-refractivity contribution is 6.36. The first-order valence-electron chi connectivity index (χ1n) is 4.59. The summed E-state index contributed by atoms with van der Waals surface area (Å²) in [5, 5.41) is 12.7. The van der Waals surface area contributed by atoms with Gasteiger partial charge in [-0.15, -0.1) is 0 Å². The molecule has 1 aromatic rings. The second-order valence-electron chi connectivity index (χ2n) is 3.20. The zero-order chi connectivity index (χ0) is 12.1. The number of halogens is 2. The molecule has 1 aromatic carbocycles. The van der Waals surface area contributed by atoms with Crippen LogP contribution in [0.3, 0.4) is 0 Å². The van der Waals surface area contributed by atoms with Crippen molar-refractivity contribution in [3.63, 3.8) is 0 Å². The van der Waals surface area contributed by atoms with Crippen molar-refractivity contribution < 1.29 is 9.90 Å². The molecule has 86 valence electrons. The number of hydrogen-bond acceptors (Lipinski definition) is 2. The number of carboxylic acid groups (broad SMARTS) is 1. The van der Waals surface area contributed by atoms with Crippen molar-refractivity contribution in [1.29, 1.82) is 0 Å². The molecule has 16 heavy (non-hydrogen) atoms. The van der Waals surface area contributed by atoms with Crippen LogP contribution in [0.4, 0.5) is 5.69 Å². The lowest BCUT2D eigenvalue weighted by atomic mass is 10.2. The maximum absolute atomic E-state index is 10.5. The maximum atomic E-state index is 10.5. The molecule has 0 aliphatic carbocycles. The third-order valence-corrected chi connectivity index (χ3v) is 2.52. The summed E-state index contributed by atoms with van der Waals surface area (Å²) in [6.45, 7) is 1.94. The first kappa shape index (κ1) is 12.9. The van der Waals surface area contributed by atoms with E-state index in [0.29, 0.717) is 16.6 Å². The first-order valence-corrected chi connectivity index (χ1v) is 5.35. The normalized spacial score (nSPS) is 11.3. The van der Waals surface area contributed by atoms with E-state index in [4.69, 9.17) is 28.3 Å². The number of benzene rings is 1. The number of rotatable bonds is 4. The van der Waals surface area contributed by atoms with Gasteiger partial charge in [0.2, 0.25) is 0 Å². The molecule has 0 saturated heterocycles. The average Bonchev–Trinajstić information content (AvgIpc) is 2.20. The Kier molecular flexibility index (Phi) is 4.65. The van der Waals surface area contributed by atoms with Crippen molar-refractivity contribution >= 4 is 34.9 Å². The first-order chi connectivity index (χ1) is 7.50. The Morgan fingerprint density at radius 2 is 2.19 bits per heavy atom. The SMILES string of the molecule is C/C(=C/CNc1ccc(Cl)cc1Cl)C(=O)O. The minimum Gasteiger partial charge on any atom is -0.478 e. The van der Waals surface area contributed by atoms with Crippen molar-refractivity contribution in [3.05, 3.63) is 39.9 Å². The molecule has 0 saturated carbocycles. The van der Waals surface area contributed by atoms with Crippen LogP contribution in [-0.2, 0) is 4.79 Å². The van der Waals surface area contributed by atoms with E-state index in [1.54, 1.807) is 24.3 Å². The van der Waals surface area contributed by atoms with Gasteiger partial charge < -0.3 is 10.4 Å². The van der Waals surface area contributed by atoms with Gasteiger partial charge in [0.1, 0.15) is 0 Å². The van der Waals surface area contributed by atoms with Crippen molar-refractivity contribution in [2.75, 3.05) is 11.9 Å². The topological polar surface area (TPSA) is 49.3 Å². The monoisotopic (exact) mass is 259 g/mol. The quantitative estimate of drug-likeness (QED) is 0.815. The van der Waals surface area contributed by atoms with Crippen molar-refractivity contribution in [2.45, 2.75) is 6.92 Å². The molecule has 0 fully saturated rings. The molecule has 0 aliphatic rings. The Bertz CT molecular complexity index is 430. The molecule has 0 radical (unpaired) electrons. The maximum Gasteiger partial charge on any atom is 0.331 e. The zero-order valence-electron chi connectivity index (χ0n) is 8.63. The number of anilines is 1. The predicted molar refractivity (Wildman–Crippen MR) is 66.3 cm³/mol. The van der Waals surface area contributed by atoms with Crippen LogP contribution in [0.1, 0.15) is 6.92 Å². The molecule has 5 heteroatoms. The average molecular weight is 260 g/mol. The van der Waals surface area contributed by atoms with E-state index in [0.717, 1.165) is 5.69 Å². The number of carbonyl (C=O) groups is 1. The van der Waals surface area contributed by atoms with Crippen LogP contribution in [0.2, 0.25) is 10.0 Å².